The van der Waals surface area contributed by atoms with Crippen molar-refractivity contribution in [3.05, 3.63) is 46.0 Å². The second kappa shape index (κ2) is 7.65. The van der Waals surface area contributed by atoms with E-state index in [9.17, 15) is 10.1 Å². The molecule has 5 heteroatoms. The number of ether oxygens (including phenoxy) is 1. The molecule has 0 aliphatic heterocycles. The van der Waals surface area contributed by atoms with Gasteiger partial charge in [0.1, 0.15) is 5.75 Å². The van der Waals surface area contributed by atoms with Gasteiger partial charge < -0.3 is 10.1 Å². The third kappa shape index (κ3) is 5.40. The smallest absolute Gasteiger partial charge is 0.270 e. The van der Waals surface area contributed by atoms with Crippen molar-refractivity contribution in [3.8, 4) is 5.75 Å². The molecule has 20 heavy (non-hydrogen) atoms. The standard InChI is InChI=1S/C15H22N2O3/c1-11(2)7-8-20-15-6-5-14(17(18)19)9-13(15)10-16-12(3)4/h5-6,9,12,16H,1,7-8,10H2,2-4H3. The number of non-ortho nitro benzene ring substituents is 1. The van der Waals surface area contributed by atoms with Gasteiger partial charge in [-0.1, -0.05) is 19.4 Å². The normalized spacial score (nSPS) is 10.6. The van der Waals surface area contributed by atoms with Crippen molar-refractivity contribution >= 4 is 5.69 Å². The van der Waals surface area contributed by atoms with Crippen LogP contribution in [0.3, 0.4) is 0 Å². The molecule has 0 heterocycles. The van der Waals surface area contributed by atoms with Crippen LogP contribution < -0.4 is 10.1 Å². The molecule has 0 radical (unpaired) electrons. The molecule has 1 N–H and O–H groups in total. The van der Waals surface area contributed by atoms with Crippen LogP contribution >= 0.6 is 0 Å². The fraction of sp³-hybridized carbons (Fsp3) is 0.467. The Labute approximate surface area is 119 Å². The van der Waals surface area contributed by atoms with Gasteiger partial charge in [-0.3, -0.25) is 10.1 Å². The predicted molar refractivity (Wildman–Crippen MR) is 80.0 cm³/mol. The Hall–Kier alpha value is -1.88. The van der Waals surface area contributed by atoms with Crippen molar-refractivity contribution in [2.45, 2.75) is 39.8 Å². The number of nitro groups is 1. The minimum Gasteiger partial charge on any atom is -0.493 e. The Morgan fingerprint density at radius 2 is 2.20 bits per heavy atom. The van der Waals surface area contributed by atoms with Gasteiger partial charge in [-0.25, -0.2) is 0 Å². The van der Waals surface area contributed by atoms with E-state index in [1.807, 2.05) is 20.8 Å². The highest BCUT2D eigenvalue weighted by atomic mass is 16.6. The Kier molecular flexibility index (Phi) is 6.18. The monoisotopic (exact) mass is 278 g/mol. The molecule has 0 aliphatic carbocycles. The molecule has 0 spiro atoms. The number of hydrogen-bond acceptors (Lipinski definition) is 4. The maximum Gasteiger partial charge on any atom is 0.270 e. The Morgan fingerprint density at radius 1 is 1.50 bits per heavy atom. The lowest BCUT2D eigenvalue weighted by atomic mass is 10.1. The zero-order chi connectivity index (χ0) is 15.1. The van der Waals surface area contributed by atoms with Crippen LogP contribution in [0, 0.1) is 10.1 Å². The summed E-state index contributed by atoms with van der Waals surface area (Å²) in [5.74, 6) is 0.685. The quantitative estimate of drug-likeness (QED) is 0.449. The summed E-state index contributed by atoms with van der Waals surface area (Å²) in [6, 6.07) is 4.99. The lowest BCUT2D eigenvalue weighted by Gasteiger charge is -2.13. The van der Waals surface area contributed by atoms with Gasteiger partial charge in [-0.05, 0) is 13.0 Å². The molecular formula is C15H22N2O3. The van der Waals surface area contributed by atoms with Crippen molar-refractivity contribution in [2.75, 3.05) is 6.61 Å². The van der Waals surface area contributed by atoms with Crippen LogP contribution in [0.25, 0.3) is 0 Å². The van der Waals surface area contributed by atoms with E-state index in [-0.39, 0.29) is 5.69 Å². The summed E-state index contributed by atoms with van der Waals surface area (Å²) in [6.45, 7) is 10.9. The van der Waals surface area contributed by atoms with Gasteiger partial charge in [-0.2, -0.15) is 0 Å². The van der Waals surface area contributed by atoms with Crippen molar-refractivity contribution in [1.82, 2.24) is 5.32 Å². The Morgan fingerprint density at radius 3 is 2.75 bits per heavy atom. The number of benzene rings is 1. The SMILES string of the molecule is C=C(C)CCOc1ccc([N+](=O)[O-])cc1CNC(C)C. The zero-order valence-corrected chi connectivity index (χ0v) is 12.3. The lowest BCUT2D eigenvalue weighted by molar-refractivity contribution is -0.384. The van der Waals surface area contributed by atoms with Gasteiger partial charge in [0.2, 0.25) is 0 Å². The molecule has 0 amide bonds. The minimum atomic E-state index is -0.392. The number of hydrogen-bond donors (Lipinski definition) is 1. The van der Waals surface area contributed by atoms with Gasteiger partial charge >= 0.3 is 0 Å². The first-order valence-corrected chi connectivity index (χ1v) is 6.68. The predicted octanol–water partition coefficient (Wildman–Crippen LogP) is 3.44. The van der Waals surface area contributed by atoms with Crippen LogP contribution in [0.4, 0.5) is 5.69 Å². The number of nitrogens with zero attached hydrogens (tertiary/aromatic N) is 1. The fourth-order valence-electron chi connectivity index (χ4n) is 1.61. The maximum absolute atomic E-state index is 10.8. The molecule has 0 aromatic heterocycles. The van der Waals surface area contributed by atoms with Gasteiger partial charge in [0.05, 0.1) is 11.5 Å². The number of nitro benzene ring substituents is 1. The van der Waals surface area contributed by atoms with Crippen molar-refractivity contribution < 1.29 is 9.66 Å². The molecule has 1 aromatic rings. The largest absolute Gasteiger partial charge is 0.493 e. The highest BCUT2D eigenvalue weighted by molar-refractivity contribution is 5.43. The zero-order valence-electron chi connectivity index (χ0n) is 12.3. The summed E-state index contributed by atoms with van der Waals surface area (Å²) in [4.78, 5) is 10.4. The van der Waals surface area contributed by atoms with Crippen LogP contribution in [0.2, 0.25) is 0 Å². The molecule has 1 rings (SSSR count). The summed E-state index contributed by atoms with van der Waals surface area (Å²) in [5, 5.41) is 14.1. The first-order valence-electron chi connectivity index (χ1n) is 6.68. The lowest BCUT2D eigenvalue weighted by Crippen LogP contribution is -2.22. The van der Waals surface area contributed by atoms with Gasteiger partial charge in [0, 0.05) is 36.7 Å². The fourth-order valence-corrected chi connectivity index (χ4v) is 1.61. The van der Waals surface area contributed by atoms with Crippen molar-refractivity contribution in [2.24, 2.45) is 0 Å². The van der Waals surface area contributed by atoms with Crippen LogP contribution in [-0.4, -0.2) is 17.6 Å². The minimum absolute atomic E-state index is 0.0813. The molecule has 0 saturated heterocycles. The van der Waals surface area contributed by atoms with Gasteiger partial charge in [-0.15, -0.1) is 6.58 Å². The van der Waals surface area contributed by atoms with Crippen LogP contribution in [0.5, 0.6) is 5.75 Å². The summed E-state index contributed by atoms with van der Waals surface area (Å²) < 4.78 is 5.69. The highest BCUT2D eigenvalue weighted by Gasteiger charge is 2.12. The molecule has 0 unspecified atom stereocenters. The van der Waals surface area contributed by atoms with Crippen LogP contribution in [-0.2, 0) is 6.54 Å². The second-order valence-electron chi connectivity index (χ2n) is 5.14. The molecule has 110 valence electrons. The van der Waals surface area contributed by atoms with Crippen LogP contribution in [0.15, 0.2) is 30.4 Å². The van der Waals surface area contributed by atoms with E-state index in [0.29, 0.717) is 24.9 Å². The van der Waals surface area contributed by atoms with E-state index < -0.39 is 4.92 Å². The van der Waals surface area contributed by atoms with Crippen molar-refractivity contribution in [1.29, 1.82) is 0 Å². The molecule has 1 aromatic carbocycles. The Balaban J connectivity index is 2.84. The van der Waals surface area contributed by atoms with E-state index in [4.69, 9.17) is 4.74 Å². The molecule has 0 atom stereocenters. The maximum atomic E-state index is 10.8. The van der Waals surface area contributed by atoms with Crippen molar-refractivity contribution in [3.63, 3.8) is 0 Å². The first-order chi connectivity index (χ1) is 9.40. The van der Waals surface area contributed by atoms with Crippen LogP contribution in [0.1, 0.15) is 32.8 Å². The highest BCUT2D eigenvalue weighted by Crippen LogP contribution is 2.24. The Bertz CT molecular complexity index is 484. The van der Waals surface area contributed by atoms with E-state index in [0.717, 1.165) is 17.6 Å². The summed E-state index contributed by atoms with van der Waals surface area (Å²) >= 11 is 0. The van der Waals surface area contributed by atoms with E-state index in [1.54, 1.807) is 12.1 Å². The topological polar surface area (TPSA) is 64.4 Å². The van der Waals surface area contributed by atoms with Gasteiger partial charge in [0.15, 0.2) is 0 Å². The molecule has 5 nitrogen and oxygen atoms in total. The third-order valence-corrected chi connectivity index (χ3v) is 2.74. The summed E-state index contributed by atoms with van der Waals surface area (Å²) in [7, 11) is 0. The molecule has 0 bridgehead atoms. The van der Waals surface area contributed by atoms with E-state index >= 15 is 0 Å². The molecule has 0 fully saturated rings. The molecular weight excluding hydrogens is 256 g/mol. The van der Waals surface area contributed by atoms with E-state index in [2.05, 4.69) is 11.9 Å². The first kappa shape index (κ1) is 16.2. The molecule has 0 saturated carbocycles. The summed E-state index contributed by atoms with van der Waals surface area (Å²) in [6.07, 6.45) is 0.772. The average molecular weight is 278 g/mol. The number of nitrogens with one attached hydrogen (secondary N) is 1. The molecule has 0 aliphatic rings. The summed E-state index contributed by atoms with van der Waals surface area (Å²) in [5.41, 5.74) is 1.93. The third-order valence-electron chi connectivity index (χ3n) is 2.74. The number of rotatable bonds is 8. The van der Waals surface area contributed by atoms with Gasteiger partial charge in [0.25, 0.3) is 5.69 Å². The second-order valence-corrected chi connectivity index (χ2v) is 5.14. The average Bonchev–Trinajstić information content (AvgIpc) is 2.36. The van der Waals surface area contributed by atoms with E-state index in [1.165, 1.54) is 6.07 Å².